The molecule has 9 heteroatoms. The highest BCUT2D eigenvalue weighted by Crippen LogP contribution is 2.42. The third-order valence-corrected chi connectivity index (χ3v) is 7.12. The summed E-state index contributed by atoms with van der Waals surface area (Å²) in [6.45, 7) is 5.78. The molecule has 3 aromatic rings. The van der Waals surface area contributed by atoms with Crippen LogP contribution in [0.2, 0.25) is 0 Å². The molecule has 1 aromatic heterocycles. The van der Waals surface area contributed by atoms with E-state index in [1.807, 2.05) is 42.5 Å². The van der Waals surface area contributed by atoms with Crippen LogP contribution in [-0.4, -0.2) is 72.9 Å². The summed E-state index contributed by atoms with van der Waals surface area (Å²) in [4.78, 5) is 29.6. The summed E-state index contributed by atoms with van der Waals surface area (Å²) in [7, 11) is 1.54. The summed E-state index contributed by atoms with van der Waals surface area (Å²) < 4.78 is 12.7. The van der Waals surface area contributed by atoms with E-state index in [2.05, 4.69) is 5.10 Å². The first-order valence-corrected chi connectivity index (χ1v) is 12.4. The number of nitrogens with one attached hydrogen (secondary N) is 1. The number of rotatable bonds is 7. The van der Waals surface area contributed by atoms with Gasteiger partial charge < -0.3 is 24.4 Å². The Kier molecular flexibility index (Phi) is 7.07. The molecule has 0 aliphatic carbocycles. The van der Waals surface area contributed by atoms with Crippen LogP contribution in [0.1, 0.15) is 22.9 Å². The number of morpholine rings is 1. The number of carbonyl (C=O) groups excluding carboxylic acids is 2. The maximum absolute atomic E-state index is 14.0. The van der Waals surface area contributed by atoms with Crippen molar-refractivity contribution in [1.82, 2.24) is 14.7 Å². The number of hydrogen-bond acceptors (Lipinski definition) is 6. The van der Waals surface area contributed by atoms with Crippen molar-refractivity contribution in [2.75, 3.05) is 46.5 Å². The van der Waals surface area contributed by atoms with Gasteiger partial charge in [-0.1, -0.05) is 42.2 Å². The molecule has 0 radical (unpaired) electrons. The number of aromatic nitrogens is 2. The van der Waals surface area contributed by atoms with Crippen LogP contribution in [0.25, 0.3) is 11.4 Å². The van der Waals surface area contributed by atoms with Crippen LogP contribution >= 0.6 is 0 Å². The van der Waals surface area contributed by atoms with Crippen LogP contribution in [0.4, 0.5) is 0 Å². The highest BCUT2D eigenvalue weighted by atomic mass is 16.5. The molecule has 2 fully saturated rings. The molecule has 2 aromatic carbocycles. The fraction of sp³-hybridized carbons (Fsp3) is 0.321. The number of likely N-dealkylation sites (tertiary alicyclic amines) is 1. The fourth-order valence-electron chi connectivity index (χ4n) is 5.11. The molecule has 192 valence electrons. The zero-order valence-corrected chi connectivity index (χ0v) is 21.0. The standard InChI is InChI=1S/C28H30N4O5/c1-19-22(18-29-32(19)20-8-4-3-5-9-20)26(33)24-25(21-10-6-7-11-23(21)36-2)31(28(35)27(24)34)13-12-30-14-16-37-17-15-30/h3-11,18,25,33H,12-17H2,1-2H3/b26-24+. The molecule has 1 atom stereocenters. The minimum Gasteiger partial charge on any atom is -0.872 e. The van der Waals surface area contributed by atoms with E-state index < -0.39 is 23.5 Å². The van der Waals surface area contributed by atoms with Gasteiger partial charge in [-0.15, -0.1) is 0 Å². The van der Waals surface area contributed by atoms with Crippen LogP contribution in [0.3, 0.4) is 0 Å². The first kappa shape index (κ1) is 24.7. The lowest BCUT2D eigenvalue weighted by molar-refractivity contribution is -0.907. The fourth-order valence-corrected chi connectivity index (χ4v) is 5.11. The van der Waals surface area contributed by atoms with Gasteiger partial charge in [-0.25, -0.2) is 4.68 Å². The Morgan fingerprint density at radius 3 is 2.54 bits per heavy atom. The van der Waals surface area contributed by atoms with E-state index in [4.69, 9.17) is 9.47 Å². The molecule has 5 rings (SSSR count). The predicted octanol–water partition coefficient (Wildman–Crippen LogP) is 0.328. The average molecular weight is 503 g/mol. The van der Waals surface area contributed by atoms with Gasteiger partial charge in [0, 0.05) is 22.4 Å². The second kappa shape index (κ2) is 10.6. The molecule has 2 saturated heterocycles. The SMILES string of the molecule is COc1ccccc1C1/C(=C(\[O-])c2cnn(-c3ccccc3)c2C)C(=O)C(=O)N1CC[NH+]1CCOCC1. The lowest BCUT2D eigenvalue weighted by Crippen LogP contribution is -3.14. The lowest BCUT2D eigenvalue weighted by atomic mass is 9.94. The molecule has 1 unspecified atom stereocenters. The first-order valence-electron chi connectivity index (χ1n) is 12.4. The number of carbonyl (C=O) groups is 2. The Morgan fingerprint density at radius 1 is 1.11 bits per heavy atom. The van der Waals surface area contributed by atoms with Crippen molar-refractivity contribution in [3.8, 4) is 11.4 Å². The highest BCUT2D eigenvalue weighted by Gasteiger charge is 2.45. The maximum Gasteiger partial charge on any atom is 0.295 e. The van der Waals surface area contributed by atoms with E-state index in [9.17, 15) is 14.7 Å². The topological polar surface area (TPSA) is 101 Å². The smallest absolute Gasteiger partial charge is 0.295 e. The van der Waals surface area contributed by atoms with Gasteiger partial charge in [0.15, 0.2) is 0 Å². The number of benzene rings is 2. The third kappa shape index (κ3) is 4.63. The molecule has 2 aliphatic heterocycles. The van der Waals surface area contributed by atoms with Gasteiger partial charge >= 0.3 is 0 Å². The molecule has 0 bridgehead atoms. The quantitative estimate of drug-likeness (QED) is 0.284. The minimum absolute atomic E-state index is 0.0674. The van der Waals surface area contributed by atoms with E-state index in [1.165, 1.54) is 23.1 Å². The summed E-state index contributed by atoms with van der Waals surface area (Å²) in [5, 5.41) is 18.4. The summed E-state index contributed by atoms with van der Waals surface area (Å²) in [6.07, 6.45) is 1.47. The Morgan fingerprint density at radius 2 is 1.81 bits per heavy atom. The largest absolute Gasteiger partial charge is 0.872 e. The number of ketones is 1. The molecular weight excluding hydrogens is 472 g/mol. The van der Waals surface area contributed by atoms with Gasteiger partial charge in [-0.05, 0) is 25.1 Å². The van der Waals surface area contributed by atoms with E-state index in [0.29, 0.717) is 48.9 Å². The van der Waals surface area contributed by atoms with Crippen LogP contribution in [0.5, 0.6) is 5.75 Å². The number of nitrogens with zero attached hydrogens (tertiary/aromatic N) is 3. The van der Waals surface area contributed by atoms with Crippen LogP contribution in [0, 0.1) is 6.92 Å². The predicted molar refractivity (Wildman–Crippen MR) is 134 cm³/mol. The van der Waals surface area contributed by atoms with E-state index in [1.54, 1.807) is 23.7 Å². The first-order chi connectivity index (χ1) is 18.0. The van der Waals surface area contributed by atoms with E-state index in [-0.39, 0.29) is 5.57 Å². The lowest BCUT2D eigenvalue weighted by Gasteiger charge is -2.30. The Hall–Kier alpha value is -3.95. The van der Waals surface area contributed by atoms with Crippen molar-refractivity contribution in [3.63, 3.8) is 0 Å². The average Bonchev–Trinajstić information content (AvgIpc) is 3.44. The number of methoxy groups -OCH3 is 1. The number of para-hydroxylation sites is 2. The molecule has 2 aliphatic rings. The summed E-state index contributed by atoms with van der Waals surface area (Å²) >= 11 is 0. The maximum atomic E-state index is 14.0. The van der Waals surface area contributed by atoms with Crippen molar-refractivity contribution in [3.05, 3.63) is 83.2 Å². The molecule has 1 amide bonds. The zero-order chi connectivity index (χ0) is 25.9. The monoisotopic (exact) mass is 502 g/mol. The van der Waals surface area contributed by atoms with Gasteiger partial charge in [0.1, 0.15) is 18.8 Å². The number of amides is 1. The third-order valence-electron chi connectivity index (χ3n) is 7.12. The molecule has 0 spiro atoms. The highest BCUT2D eigenvalue weighted by molar-refractivity contribution is 6.46. The summed E-state index contributed by atoms with van der Waals surface area (Å²) in [5.41, 5.74) is 2.23. The Balaban J connectivity index is 1.58. The van der Waals surface area contributed by atoms with Crippen molar-refractivity contribution < 1.29 is 29.1 Å². The number of Topliss-reactive ketones (excluding diaryl/α,β-unsaturated/α-hetero) is 1. The normalized spacial score (nSPS) is 19.9. The molecule has 37 heavy (non-hydrogen) atoms. The van der Waals surface area contributed by atoms with Crippen molar-refractivity contribution in [2.45, 2.75) is 13.0 Å². The summed E-state index contributed by atoms with van der Waals surface area (Å²) in [6, 6.07) is 15.8. The van der Waals surface area contributed by atoms with Crippen molar-refractivity contribution in [2.24, 2.45) is 0 Å². The second-order valence-corrected chi connectivity index (χ2v) is 9.22. The van der Waals surface area contributed by atoms with E-state index >= 15 is 0 Å². The van der Waals surface area contributed by atoms with Crippen LogP contribution in [-0.2, 0) is 14.3 Å². The number of quaternary nitrogens is 1. The molecule has 9 nitrogen and oxygen atoms in total. The second-order valence-electron chi connectivity index (χ2n) is 9.22. The van der Waals surface area contributed by atoms with Gasteiger partial charge in [0.25, 0.3) is 5.91 Å². The van der Waals surface area contributed by atoms with Crippen LogP contribution in [0.15, 0.2) is 66.4 Å². The van der Waals surface area contributed by atoms with Gasteiger partial charge in [-0.3, -0.25) is 9.59 Å². The Bertz CT molecular complexity index is 1330. The minimum atomic E-state index is -0.844. The Labute approximate surface area is 215 Å². The molecular formula is C28H30N4O5. The number of hydrogen-bond donors (Lipinski definition) is 1. The van der Waals surface area contributed by atoms with Crippen molar-refractivity contribution in [1.29, 1.82) is 0 Å². The molecule has 0 saturated carbocycles. The molecule has 3 heterocycles. The van der Waals surface area contributed by atoms with Gasteiger partial charge in [0.2, 0.25) is 5.78 Å². The van der Waals surface area contributed by atoms with Gasteiger partial charge in [0.05, 0.1) is 51.3 Å². The zero-order valence-electron chi connectivity index (χ0n) is 21.0. The van der Waals surface area contributed by atoms with Crippen LogP contribution < -0.4 is 14.7 Å². The van der Waals surface area contributed by atoms with Gasteiger partial charge in [-0.2, -0.15) is 5.10 Å². The summed E-state index contributed by atoms with van der Waals surface area (Å²) in [5.74, 6) is -1.42. The molecule has 1 N–H and O–H groups in total. The van der Waals surface area contributed by atoms with E-state index in [0.717, 1.165) is 18.8 Å². The van der Waals surface area contributed by atoms with Crippen molar-refractivity contribution >= 4 is 17.4 Å². The number of ether oxygens (including phenoxy) is 2.